The van der Waals surface area contributed by atoms with Gasteiger partial charge in [0.2, 0.25) is 17.7 Å². The predicted octanol–water partition coefficient (Wildman–Crippen LogP) is 5.03. The lowest BCUT2D eigenvalue weighted by atomic mass is 9.81. The van der Waals surface area contributed by atoms with Gasteiger partial charge in [0.1, 0.15) is 0 Å². The standard InChI is InChI=1S/C27H30F5N7O2/c1-15-7-11-33-24(35-15)25(41)38-23(17-4-8-26(28,29)9-5-17)19-14-39-20(36-19)12-18(13-34-39)22(16-2-3-16)37-21(40)6-10-27(30,31)32/h7,11-14,16-17,22-23H,2-6,8-10H2,1H3,(H,37,40)(H,38,41)/t22-,23+/m1/s1. The molecule has 2 amide bonds. The summed E-state index contributed by atoms with van der Waals surface area (Å²) < 4.78 is 67.1. The Morgan fingerprint density at radius 1 is 1.07 bits per heavy atom. The zero-order valence-electron chi connectivity index (χ0n) is 22.3. The van der Waals surface area contributed by atoms with Crippen molar-refractivity contribution >= 4 is 17.5 Å². The molecule has 0 aromatic carbocycles. The van der Waals surface area contributed by atoms with E-state index in [4.69, 9.17) is 0 Å². The smallest absolute Gasteiger partial charge is 0.349 e. The van der Waals surface area contributed by atoms with E-state index in [1.807, 2.05) is 0 Å². The van der Waals surface area contributed by atoms with E-state index >= 15 is 0 Å². The van der Waals surface area contributed by atoms with Crippen molar-refractivity contribution in [3.63, 3.8) is 0 Å². The molecular weight excluding hydrogens is 549 g/mol. The molecule has 2 saturated carbocycles. The summed E-state index contributed by atoms with van der Waals surface area (Å²) in [5.41, 5.74) is 2.01. The molecule has 3 heterocycles. The molecule has 2 N–H and O–H groups in total. The zero-order chi connectivity index (χ0) is 29.4. The monoisotopic (exact) mass is 579 g/mol. The Morgan fingerprint density at radius 2 is 1.78 bits per heavy atom. The van der Waals surface area contributed by atoms with E-state index in [9.17, 15) is 31.5 Å². The highest BCUT2D eigenvalue weighted by atomic mass is 19.4. The highest BCUT2D eigenvalue weighted by Crippen LogP contribution is 2.43. The van der Waals surface area contributed by atoms with Gasteiger partial charge in [-0.3, -0.25) is 9.59 Å². The third kappa shape index (κ3) is 7.33. The van der Waals surface area contributed by atoms with Gasteiger partial charge in [0.15, 0.2) is 5.65 Å². The van der Waals surface area contributed by atoms with Crippen LogP contribution in [0.25, 0.3) is 5.65 Å². The maximum atomic E-state index is 13.9. The Kier molecular flexibility index (Phi) is 7.93. The number of rotatable bonds is 9. The molecule has 0 saturated heterocycles. The summed E-state index contributed by atoms with van der Waals surface area (Å²) in [6.07, 6.45) is -0.328. The summed E-state index contributed by atoms with van der Waals surface area (Å²) in [4.78, 5) is 38.2. The van der Waals surface area contributed by atoms with E-state index in [-0.39, 0.29) is 43.3 Å². The SMILES string of the molecule is Cc1ccnc(C(=O)N[C@H](c2cn3ncc([C@H](NC(=O)CCC(F)(F)F)C4CC4)cc3n2)C2CCC(F)(F)CC2)n1. The van der Waals surface area contributed by atoms with E-state index in [0.717, 1.165) is 12.8 Å². The second-order valence-corrected chi connectivity index (χ2v) is 10.9. The van der Waals surface area contributed by atoms with Crippen molar-refractivity contribution in [2.45, 2.75) is 82.5 Å². The van der Waals surface area contributed by atoms with E-state index in [0.29, 0.717) is 22.6 Å². The number of nitrogens with one attached hydrogen (secondary N) is 2. The summed E-state index contributed by atoms with van der Waals surface area (Å²) in [7, 11) is 0. The molecule has 0 spiro atoms. The van der Waals surface area contributed by atoms with E-state index < -0.39 is 48.8 Å². The zero-order valence-corrected chi connectivity index (χ0v) is 22.3. The predicted molar refractivity (Wildman–Crippen MR) is 136 cm³/mol. The minimum Gasteiger partial charge on any atom is -0.349 e. The first-order valence-electron chi connectivity index (χ1n) is 13.6. The molecular formula is C27H30F5N7O2. The Labute approximate surface area is 232 Å². The molecule has 2 fully saturated rings. The van der Waals surface area contributed by atoms with Gasteiger partial charge in [0.25, 0.3) is 5.91 Å². The summed E-state index contributed by atoms with van der Waals surface area (Å²) >= 11 is 0. The van der Waals surface area contributed by atoms with Crippen molar-refractivity contribution in [3.8, 4) is 0 Å². The van der Waals surface area contributed by atoms with Crippen molar-refractivity contribution in [1.82, 2.24) is 35.2 Å². The lowest BCUT2D eigenvalue weighted by Gasteiger charge is -2.33. The Morgan fingerprint density at radius 3 is 2.44 bits per heavy atom. The van der Waals surface area contributed by atoms with E-state index in [1.165, 1.54) is 16.9 Å². The number of amides is 2. The minimum absolute atomic E-state index is 0.0474. The van der Waals surface area contributed by atoms with Crippen LogP contribution in [0.15, 0.2) is 30.7 Å². The highest BCUT2D eigenvalue weighted by molar-refractivity contribution is 5.90. The van der Waals surface area contributed by atoms with Gasteiger partial charge in [-0.05, 0) is 62.1 Å². The number of imidazole rings is 1. The number of hydrogen-bond donors (Lipinski definition) is 2. The first kappa shape index (κ1) is 28.8. The third-order valence-electron chi connectivity index (χ3n) is 7.60. The summed E-state index contributed by atoms with van der Waals surface area (Å²) in [6.45, 7) is 1.72. The van der Waals surface area contributed by atoms with Crippen LogP contribution in [0, 0.1) is 18.8 Å². The van der Waals surface area contributed by atoms with Crippen LogP contribution in [0.1, 0.15) is 91.0 Å². The number of fused-ring (bicyclic) bond motifs is 1. The number of hydrogen-bond acceptors (Lipinski definition) is 6. The topological polar surface area (TPSA) is 114 Å². The van der Waals surface area contributed by atoms with Crippen LogP contribution in [0.2, 0.25) is 0 Å². The number of alkyl halides is 5. The Balaban J connectivity index is 1.39. The first-order chi connectivity index (χ1) is 19.4. The van der Waals surface area contributed by atoms with Crippen LogP contribution in [-0.2, 0) is 4.79 Å². The number of nitrogens with zero attached hydrogens (tertiary/aromatic N) is 5. The molecule has 2 aliphatic carbocycles. The van der Waals surface area contributed by atoms with Crippen molar-refractivity contribution in [1.29, 1.82) is 0 Å². The van der Waals surface area contributed by atoms with Gasteiger partial charge < -0.3 is 10.6 Å². The molecule has 5 rings (SSSR count). The molecule has 0 aliphatic heterocycles. The van der Waals surface area contributed by atoms with Gasteiger partial charge in [-0.25, -0.2) is 28.2 Å². The van der Waals surface area contributed by atoms with Crippen molar-refractivity contribution in [2.24, 2.45) is 11.8 Å². The molecule has 3 aromatic heterocycles. The molecule has 3 aromatic rings. The average molecular weight is 580 g/mol. The second kappa shape index (κ2) is 11.3. The van der Waals surface area contributed by atoms with Crippen LogP contribution in [0.4, 0.5) is 22.0 Å². The number of aromatic nitrogens is 5. The average Bonchev–Trinajstić information content (AvgIpc) is 3.66. The summed E-state index contributed by atoms with van der Waals surface area (Å²) in [5, 5.41) is 9.99. The van der Waals surface area contributed by atoms with Crippen molar-refractivity contribution in [2.75, 3.05) is 0 Å². The molecule has 220 valence electrons. The van der Waals surface area contributed by atoms with Gasteiger partial charge >= 0.3 is 6.18 Å². The van der Waals surface area contributed by atoms with E-state index in [2.05, 4.69) is 30.7 Å². The fourth-order valence-electron chi connectivity index (χ4n) is 5.23. The fraction of sp³-hybridized carbons (Fsp3) is 0.556. The van der Waals surface area contributed by atoms with Gasteiger partial charge in [-0.1, -0.05) is 0 Å². The van der Waals surface area contributed by atoms with Crippen LogP contribution < -0.4 is 10.6 Å². The molecule has 9 nitrogen and oxygen atoms in total. The lowest BCUT2D eigenvalue weighted by Crippen LogP contribution is -2.38. The number of carbonyl (C=O) groups excluding carboxylic acids is 2. The second-order valence-electron chi connectivity index (χ2n) is 10.9. The van der Waals surface area contributed by atoms with Crippen molar-refractivity contribution < 1.29 is 31.5 Å². The highest BCUT2D eigenvalue weighted by Gasteiger charge is 2.40. The fourth-order valence-corrected chi connectivity index (χ4v) is 5.23. The quantitative estimate of drug-likeness (QED) is 0.344. The Bertz CT molecular complexity index is 1410. The number of carbonyl (C=O) groups is 2. The molecule has 14 heteroatoms. The molecule has 2 aliphatic rings. The number of aryl methyl sites for hydroxylation is 1. The number of halogens is 5. The van der Waals surface area contributed by atoms with Gasteiger partial charge in [-0.2, -0.15) is 18.3 Å². The lowest BCUT2D eigenvalue weighted by molar-refractivity contribution is -0.144. The van der Waals surface area contributed by atoms with Crippen LogP contribution in [-0.4, -0.2) is 48.5 Å². The largest absolute Gasteiger partial charge is 0.389 e. The normalized spacial score (nSPS) is 19.1. The summed E-state index contributed by atoms with van der Waals surface area (Å²) in [6, 6.07) is 2.12. The maximum Gasteiger partial charge on any atom is 0.389 e. The van der Waals surface area contributed by atoms with Crippen LogP contribution in [0.5, 0.6) is 0 Å². The maximum absolute atomic E-state index is 13.9. The van der Waals surface area contributed by atoms with Crippen LogP contribution >= 0.6 is 0 Å². The van der Waals surface area contributed by atoms with Gasteiger partial charge in [0, 0.05) is 31.2 Å². The van der Waals surface area contributed by atoms with Gasteiger partial charge in [0.05, 0.1) is 36.6 Å². The van der Waals surface area contributed by atoms with Crippen molar-refractivity contribution in [3.05, 3.63) is 53.5 Å². The summed E-state index contributed by atoms with van der Waals surface area (Å²) in [5.74, 6) is -4.30. The molecule has 0 unspecified atom stereocenters. The van der Waals surface area contributed by atoms with E-state index in [1.54, 1.807) is 25.3 Å². The van der Waals surface area contributed by atoms with Crippen LogP contribution in [0.3, 0.4) is 0 Å². The molecule has 41 heavy (non-hydrogen) atoms. The third-order valence-corrected chi connectivity index (χ3v) is 7.60. The molecule has 0 bridgehead atoms. The first-order valence-corrected chi connectivity index (χ1v) is 13.6. The molecule has 2 atom stereocenters. The van der Waals surface area contributed by atoms with Gasteiger partial charge in [-0.15, -0.1) is 0 Å². The minimum atomic E-state index is -4.43. The Hall–Kier alpha value is -3.71. The molecule has 0 radical (unpaired) electrons.